The molecule has 0 bridgehead atoms. The highest BCUT2D eigenvalue weighted by Gasteiger charge is 2.21. The predicted octanol–water partition coefficient (Wildman–Crippen LogP) is 1.32. The summed E-state index contributed by atoms with van der Waals surface area (Å²) in [5.74, 6) is 1.50. The average molecular weight is 262 g/mol. The summed E-state index contributed by atoms with van der Waals surface area (Å²) in [5.41, 5.74) is 7.86. The van der Waals surface area contributed by atoms with Gasteiger partial charge >= 0.3 is 0 Å². The minimum atomic E-state index is 0.0480. The largest absolute Gasteiger partial charge is 0.396 e. The Kier molecular flexibility index (Phi) is 4.24. The Morgan fingerprint density at radius 1 is 1.53 bits per heavy atom. The number of anilines is 2. The third-order valence-electron chi connectivity index (χ3n) is 3.59. The lowest BCUT2D eigenvalue weighted by Gasteiger charge is -2.33. The smallest absolute Gasteiger partial charge is 0.216 e. The van der Waals surface area contributed by atoms with Crippen LogP contribution in [0.15, 0.2) is 12.3 Å². The molecule has 1 fully saturated rings. The number of hydrogen-bond donors (Lipinski definition) is 2. The molecule has 0 unspecified atom stereocenters. The van der Waals surface area contributed by atoms with Crippen molar-refractivity contribution in [2.75, 3.05) is 30.3 Å². The Morgan fingerprint density at radius 3 is 2.79 bits per heavy atom. The minimum Gasteiger partial charge on any atom is -0.396 e. The molecule has 5 nitrogen and oxygen atoms in total. The van der Waals surface area contributed by atoms with Crippen molar-refractivity contribution in [3.8, 4) is 0 Å². The Morgan fingerprint density at radius 2 is 2.21 bits per heavy atom. The summed E-state index contributed by atoms with van der Waals surface area (Å²) in [4.78, 5) is 17.6. The van der Waals surface area contributed by atoms with E-state index in [1.165, 1.54) is 0 Å². The molecular weight excluding hydrogens is 240 g/mol. The van der Waals surface area contributed by atoms with Crippen LogP contribution < -0.4 is 16.0 Å². The van der Waals surface area contributed by atoms with E-state index in [0.29, 0.717) is 5.92 Å². The van der Waals surface area contributed by atoms with Gasteiger partial charge in [0.25, 0.3) is 0 Å². The van der Waals surface area contributed by atoms with E-state index in [0.717, 1.165) is 49.5 Å². The van der Waals surface area contributed by atoms with Crippen LogP contribution in [0.4, 0.5) is 11.5 Å². The predicted molar refractivity (Wildman–Crippen MR) is 77.0 cm³/mol. The number of amides is 1. The lowest BCUT2D eigenvalue weighted by atomic mass is 9.96. The van der Waals surface area contributed by atoms with E-state index in [9.17, 15) is 4.79 Å². The third-order valence-corrected chi connectivity index (χ3v) is 3.59. The van der Waals surface area contributed by atoms with Gasteiger partial charge in [-0.05, 0) is 37.3 Å². The Hall–Kier alpha value is -1.78. The molecule has 1 aliphatic heterocycles. The average Bonchev–Trinajstić information content (AvgIpc) is 2.37. The normalized spacial score (nSPS) is 16.4. The number of aromatic nitrogens is 1. The molecule has 19 heavy (non-hydrogen) atoms. The molecule has 3 N–H and O–H groups in total. The fourth-order valence-electron chi connectivity index (χ4n) is 2.49. The minimum absolute atomic E-state index is 0.0480. The van der Waals surface area contributed by atoms with E-state index >= 15 is 0 Å². The van der Waals surface area contributed by atoms with Gasteiger partial charge < -0.3 is 16.0 Å². The molecule has 1 aliphatic rings. The maximum Gasteiger partial charge on any atom is 0.216 e. The van der Waals surface area contributed by atoms with Gasteiger partial charge in [0.1, 0.15) is 0 Å². The lowest BCUT2D eigenvalue weighted by molar-refractivity contribution is -0.119. The number of carbonyl (C=O) groups is 1. The number of carbonyl (C=O) groups excluding carboxylic acids is 1. The van der Waals surface area contributed by atoms with E-state index in [1.807, 2.05) is 19.2 Å². The molecule has 0 aliphatic carbocycles. The van der Waals surface area contributed by atoms with Crippen LogP contribution in [0.1, 0.15) is 25.3 Å². The number of nitrogens with zero attached hydrogens (tertiary/aromatic N) is 2. The molecule has 5 heteroatoms. The quantitative estimate of drug-likeness (QED) is 0.862. The van der Waals surface area contributed by atoms with Gasteiger partial charge in [0.2, 0.25) is 5.91 Å². The van der Waals surface area contributed by atoms with Gasteiger partial charge in [0.15, 0.2) is 5.82 Å². The number of hydrogen-bond acceptors (Lipinski definition) is 4. The molecule has 1 aromatic heterocycles. The number of nitrogens with one attached hydrogen (secondary N) is 1. The van der Waals surface area contributed by atoms with Crippen molar-refractivity contribution < 1.29 is 4.79 Å². The van der Waals surface area contributed by atoms with Crippen LogP contribution in [0.5, 0.6) is 0 Å². The molecule has 1 aromatic rings. The molecule has 0 spiro atoms. The summed E-state index contributed by atoms with van der Waals surface area (Å²) in [7, 11) is 0. The Balaban J connectivity index is 1.90. The van der Waals surface area contributed by atoms with Gasteiger partial charge in [0, 0.05) is 32.8 Å². The number of aryl methyl sites for hydroxylation is 1. The molecule has 2 rings (SSSR count). The standard InChI is InChI=1S/C14H22N4O/c1-10-7-13(15)14(17-8-10)18-5-3-12(4-6-18)9-16-11(2)19/h7-8,12H,3-6,9,15H2,1-2H3,(H,16,19). The van der Waals surface area contributed by atoms with Crippen molar-refractivity contribution in [2.45, 2.75) is 26.7 Å². The topological polar surface area (TPSA) is 71.2 Å². The number of rotatable bonds is 3. The van der Waals surface area contributed by atoms with Crippen LogP contribution in [-0.4, -0.2) is 30.5 Å². The molecular formula is C14H22N4O. The van der Waals surface area contributed by atoms with Crippen molar-refractivity contribution >= 4 is 17.4 Å². The van der Waals surface area contributed by atoms with Crippen LogP contribution in [0.2, 0.25) is 0 Å². The summed E-state index contributed by atoms with van der Waals surface area (Å²) in [6, 6.07) is 1.96. The SMILES string of the molecule is CC(=O)NCC1CCN(c2ncc(C)cc2N)CC1. The first-order valence-corrected chi connectivity index (χ1v) is 6.77. The van der Waals surface area contributed by atoms with Crippen LogP contribution in [-0.2, 0) is 4.79 Å². The molecule has 1 amide bonds. The van der Waals surface area contributed by atoms with Crippen LogP contribution in [0.25, 0.3) is 0 Å². The number of nitrogen functional groups attached to an aromatic ring is 1. The van der Waals surface area contributed by atoms with E-state index < -0.39 is 0 Å². The second kappa shape index (κ2) is 5.91. The van der Waals surface area contributed by atoms with E-state index in [2.05, 4.69) is 15.2 Å². The van der Waals surface area contributed by atoms with E-state index in [1.54, 1.807) is 6.92 Å². The highest BCUT2D eigenvalue weighted by atomic mass is 16.1. The van der Waals surface area contributed by atoms with Crippen molar-refractivity contribution in [2.24, 2.45) is 5.92 Å². The first kappa shape index (κ1) is 13.6. The number of nitrogens with two attached hydrogens (primary N) is 1. The zero-order chi connectivity index (χ0) is 13.8. The van der Waals surface area contributed by atoms with Gasteiger partial charge in [-0.15, -0.1) is 0 Å². The first-order chi connectivity index (χ1) is 9.06. The summed E-state index contributed by atoms with van der Waals surface area (Å²) < 4.78 is 0. The molecule has 104 valence electrons. The van der Waals surface area contributed by atoms with Crippen molar-refractivity contribution in [1.29, 1.82) is 0 Å². The van der Waals surface area contributed by atoms with Crippen molar-refractivity contribution in [3.63, 3.8) is 0 Å². The molecule has 2 heterocycles. The highest BCUT2D eigenvalue weighted by Crippen LogP contribution is 2.26. The fraction of sp³-hybridized carbons (Fsp3) is 0.571. The number of piperidine rings is 1. The maximum atomic E-state index is 10.9. The molecule has 0 aromatic carbocycles. The zero-order valence-corrected chi connectivity index (χ0v) is 11.6. The van der Waals surface area contributed by atoms with Gasteiger partial charge in [-0.3, -0.25) is 4.79 Å². The van der Waals surface area contributed by atoms with Crippen LogP contribution in [0.3, 0.4) is 0 Å². The van der Waals surface area contributed by atoms with Crippen LogP contribution in [0, 0.1) is 12.8 Å². The fourth-order valence-corrected chi connectivity index (χ4v) is 2.49. The van der Waals surface area contributed by atoms with Crippen LogP contribution >= 0.6 is 0 Å². The summed E-state index contributed by atoms with van der Waals surface area (Å²) >= 11 is 0. The Bertz CT molecular complexity index is 453. The number of pyridine rings is 1. The van der Waals surface area contributed by atoms with Crippen molar-refractivity contribution in [1.82, 2.24) is 10.3 Å². The summed E-state index contributed by atoms with van der Waals surface area (Å²) in [5, 5.41) is 2.89. The van der Waals surface area contributed by atoms with E-state index in [4.69, 9.17) is 5.73 Å². The van der Waals surface area contributed by atoms with Crippen molar-refractivity contribution in [3.05, 3.63) is 17.8 Å². The van der Waals surface area contributed by atoms with Gasteiger partial charge in [-0.25, -0.2) is 4.98 Å². The van der Waals surface area contributed by atoms with Gasteiger partial charge in [-0.2, -0.15) is 0 Å². The van der Waals surface area contributed by atoms with E-state index in [-0.39, 0.29) is 5.91 Å². The zero-order valence-electron chi connectivity index (χ0n) is 11.6. The second-order valence-electron chi connectivity index (χ2n) is 5.29. The molecule has 0 saturated carbocycles. The first-order valence-electron chi connectivity index (χ1n) is 6.77. The maximum absolute atomic E-state index is 10.9. The molecule has 0 atom stereocenters. The van der Waals surface area contributed by atoms with Gasteiger partial charge in [-0.1, -0.05) is 0 Å². The second-order valence-corrected chi connectivity index (χ2v) is 5.29. The Labute approximate surface area is 114 Å². The third kappa shape index (κ3) is 3.59. The monoisotopic (exact) mass is 262 g/mol. The summed E-state index contributed by atoms with van der Waals surface area (Å²) in [6.07, 6.45) is 3.99. The highest BCUT2D eigenvalue weighted by molar-refractivity contribution is 5.72. The van der Waals surface area contributed by atoms with Gasteiger partial charge in [0.05, 0.1) is 5.69 Å². The lowest BCUT2D eigenvalue weighted by Crippen LogP contribution is -2.38. The summed E-state index contributed by atoms with van der Waals surface area (Å²) in [6.45, 7) is 6.23. The molecule has 1 saturated heterocycles. The molecule has 0 radical (unpaired) electrons.